The molecule has 3 aromatic rings. The summed E-state index contributed by atoms with van der Waals surface area (Å²) in [6.07, 6.45) is 0.939. The minimum atomic E-state index is -0.278. The lowest BCUT2D eigenvalue weighted by molar-refractivity contribution is -0.122. The third-order valence-electron chi connectivity index (χ3n) is 3.65. The minimum absolute atomic E-state index is 0.0757. The molecule has 7 heteroatoms. The van der Waals surface area contributed by atoms with Crippen LogP contribution in [0.4, 0.5) is 0 Å². The van der Waals surface area contributed by atoms with E-state index in [4.69, 9.17) is 0 Å². The minimum Gasteiger partial charge on any atom is -0.356 e. The molecule has 0 aliphatic rings. The van der Waals surface area contributed by atoms with Crippen molar-refractivity contribution in [3.8, 4) is 0 Å². The van der Waals surface area contributed by atoms with Gasteiger partial charge in [-0.1, -0.05) is 18.2 Å². The lowest BCUT2D eigenvalue weighted by Gasteiger charge is -2.16. The summed E-state index contributed by atoms with van der Waals surface area (Å²) in [6, 6.07) is 11.6. The molecular weight excluding hydrogens is 354 g/mol. The molecule has 0 spiro atoms. The van der Waals surface area contributed by atoms with Crippen molar-refractivity contribution in [2.75, 3.05) is 6.54 Å². The van der Waals surface area contributed by atoms with Crippen molar-refractivity contribution in [2.45, 2.75) is 25.8 Å². The number of thiophene rings is 1. The van der Waals surface area contributed by atoms with E-state index < -0.39 is 0 Å². The highest BCUT2D eigenvalue weighted by Gasteiger charge is 2.17. The van der Waals surface area contributed by atoms with Crippen LogP contribution in [0.1, 0.15) is 29.3 Å². The molecule has 0 aliphatic carbocycles. The Morgan fingerprint density at radius 1 is 1.20 bits per heavy atom. The molecule has 130 valence electrons. The number of amides is 2. The number of thiazole rings is 1. The molecule has 5 nitrogen and oxygen atoms in total. The molecule has 0 radical (unpaired) electrons. The van der Waals surface area contributed by atoms with Gasteiger partial charge in [-0.05, 0) is 23.6 Å². The van der Waals surface area contributed by atoms with Crippen molar-refractivity contribution >= 4 is 44.7 Å². The van der Waals surface area contributed by atoms with Crippen LogP contribution in [-0.2, 0) is 16.0 Å². The van der Waals surface area contributed by atoms with Gasteiger partial charge in [0.25, 0.3) is 0 Å². The van der Waals surface area contributed by atoms with E-state index >= 15 is 0 Å². The van der Waals surface area contributed by atoms with E-state index in [1.54, 1.807) is 11.3 Å². The van der Waals surface area contributed by atoms with Crippen molar-refractivity contribution in [1.82, 2.24) is 15.6 Å². The van der Waals surface area contributed by atoms with E-state index in [9.17, 15) is 9.59 Å². The summed E-state index contributed by atoms with van der Waals surface area (Å²) >= 11 is 3.19. The molecule has 3 rings (SSSR count). The van der Waals surface area contributed by atoms with Crippen LogP contribution in [-0.4, -0.2) is 23.3 Å². The van der Waals surface area contributed by atoms with Crippen LogP contribution in [0.2, 0.25) is 0 Å². The number of aromatic nitrogens is 1. The van der Waals surface area contributed by atoms with Crippen molar-refractivity contribution in [3.63, 3.8) is 0 Å². The second-order valence-electron chi connectivity index (χ2n) is 5.65. The smallest absolute Gasteiger partial charge is 0.222 e. The number of nitrogens with one attached hydrogen (secondary N) is 2. The third-order valence-corrected chi connectivity index (χ3v) is 5.74. The normalized spacial score (nSPS) is 12.0. The summed E-state index contributed by atoms with van der Waals surface area (Å²) < 4.78 is 1.16. The van der Waals surface area contributed by atoms with Gasteiger partial charge >= 0.3 is 0 Å². The fourth-order valence-electron chi connectivity index (χ4n) is 2.55. The van der Waals surface area contributed by atoms with Crippen molar-refractivity contribution in [2.24, 2.45) is 0 Å². The first-order valence-electron chi connectivity index (χ1n) is 8.03. The van der Waals surface area contributed by atoms with Gasteiger partial charge in [-0.3, -0.25) is 9.59 Å². The van der Waals surface area contributed by atoms with E-state index in [1.165, 1.54) is 18.3 Å². The number of hydrogen-bond acceptors (Lipinski definition) is 5. The Labute approximate surface area is 154 Å². The number of fused-ring (bicyclic) bond motifs is 1. The second-order valence-corrected chi connectivity index (χ2v) is 7.74. The quantitative estimate of drug-likeness (QED) is 0.668. The Morgan fingerprint density at radius 2 is 2.04 bits per heavy atom. The molecule has 2 aromatic heterocycles. The van der Waals surface area contributed by atoms with Gasteiger partial charge in [-0.25, -0.2) is 4.98 Å². The van der Waals surface area contributed by atoms with Gasteiger partial charge in [0.2, 0.25) is 11.8 Å². The molecule has 2 amide bonds. The van der Waals surface area contributed by atoms with Gasteiger partial charge in [-0.15, -0.1) is 22.7 Å². The predicted octanol–water partition coefficient (Wildman–Crippen LogP) is 3.28. The van der Waals surface area contributed by atoms with Crippen LogP contribution >= 0.6 is 22.7 Å². The Hall–Kier alpha value is -2.25. The second kappa shape index (κ2) is 8.22. The van der Waals surface area contributed by atoms with Crippen molar-refractivity contribution < 1.29 is 9.59 Å². The lowest BCUT2D eigenvalue weighted by atomic mass is 10.1. The summed E-state index contributed by atoms with van der Waals surface area (Å²) in [5.41, 5.74) is 0.997. The van der Waals surface area contributed by atoms with Gasteiger partial charge < -0.3 is 10.6 Å². The van der Waals surface area contributed by atoms with Crippen molar-refractivity contribution in [3.05, 3.63) is 51.7 Å². The van der Waals surface area contributed by atoms with Crippen LogP contribution < -0.4 is 10.6 Å². The van der Waals surface area contributed by atoms with Gasteiger partial charge in [0.05, 0.1) is 27.7 Å². The number of para-hydroxylation sites is 1. The van der Waals surface area contributed by atoms with E-state index in [1.807, 2.05) is 41.8 Å². The molecule has 0 unspecified atom stereocenters. The molecule has 0 saturated carbocycles. The average Bonchev–Trinajstić information content (AvgIpc) is 3.23. The molecule has 0 bridgehead atoms. The number of rotatable bonds is 7. The van der Waals surface area contributed by atoms with Crippen LogP contribution in [0.5, 0.6) is 0 Å². The number of carbonyl (C=O) groups is 2. The Kier molecular flexibility index (Phi) is 5.78. The molecule has 1 aromatic carbocycles. The van der Waals surface area contributed by atoms with Crippen molar-refractivity contribution in [1.29, 1.82) is 0 Å². The molecule has 2 heterocycles. The highest BCUT2D eigenvalue weighted by molar-refractivity contribution is 7.18. The lowest BCUT2D eigenvalue weighted by Crippen LogP contribution is -2.33. The third kappa shape index (κ3) is 4.87. The summed E-state index contributed by atoms with van der Waals surface area (Å²) in [5, 5.41) is 8.71. The molecule has 25 heavy (non-hydrogen) atoms. The molecule has 0 aliphatic heterocycles. The molecule has 0 saturated heterocycles. The first-order valence-corrected chi connectivity index (χ1v) is 9.73. The zero-order valence-corrected chi connectivity index (χ0v) is 15.5. The maximum absolute atomic E-state index is 12.2. The van der Waals surface area contributed by atoms with Gasteiger partial charge in [0, 0.05) is 24.8 Å². The van der Waals surface area contributed by atoms with E-state index in [0.29, 0.717) is 13.0 Å². The molecule has 0 fully saturated rings. The molecular formula is C18H19N3O2S2. The van der Waals surface area contributed by atoms with Gasteiger partial charge in [0.1, 0.15) is 0 Å². The summed E-state index contributed by atoms with van der Waals surface area (Å²) in [4.78, 5) is 29.1. The van der Waals surface area contributed by atoms with Crippen LogP contribution in [0.15, 0.2) is 41.8 Å². The van der Waals surface area contributed by atoms with E-state index in [0.717, 1.165) is 20.1 Å². The Balaban J connectivity index is 1.52. The monoisotopic (exact) mass is 373 g/mol. The van der Waals surface area contributed by atoms with Crippen LogP contribution in [0.25, 0.3) is 10.2 Å². The largest absolute Gasteiger partial charge is 0.356 e. The zero-order valence-electron chi connectivity index (χ0n) is 13.8. The van der Waals surface area contributed by atoms with Gasteiger partial charge in [-0.2, -0.15) is 0 Å². The number of nitrogens with zero attached hydrogens (tertiary/aromatic N) is 1. The predicted molar refractivity (Wildman–Crippen MR) is 102 cm³/mol. The topological polar surface area (TPSA) is 71.1 Å². The fourth-order valence-corrected chi connectivity index (χ4v) is 4.30. The molecule has 2 N–H and O–H groups in total. The SMILES string of the molecule is CC(=O)N[C@@H](CC(=O)NCCc1nc2ccccc2s1)c1cccs1. The number of hydrogen-bond donors (Lipinski definition) is 2. The maximum atomic E-state index is 12.2. The summed E-state index contributed by atoms with van der Waals surface area (Å²) in [7, 11) is 0. The van der Waals surface area contributed by atoms with Gasteiger partial charge in [0.15, 0.2) is 0 Å². The first-order chi connectivity index (χ1) is 12.1. The van der Waals surface area contributed by atoms with Crippen LogP contribution in [0.3, 0.4) is 0 Å². The highest BCUT2D eigenvalue weighted by atomic mass is 32.1. The first kappa shape index (κ1) is 17.6. The van der Waals surface area contributed by atoms with E-state index in [2.05, 4.69) is 15.6 Å². The standard InChI is InChI=1S/C18H19N3O2S2/c1-12(22)20-14(15-7-4-10-24-15)11-17(23)19-9-8-18-21-13-5-2-3-6-16(13)25-18/h2-7,10,14H,8-9,11H2,1H3,(H,19,23)(H,20,22)/t14-/m0/s1. The Morgan fingerprint density at radius 3 is 2.76 bits per heavy atom. The number of carbonyl (C=O) groups excluding carboxylic acids is 2. The molecule has 1 atom stereocenters. The van der Waals surface area contributed by atoms with Crippen LogP contribution in [0, 0.1) is 0 Å². The summed E-state index contributed by atoms with van der Waals surface area (Å²) in [5.74, 6) is -0.214. The highest BCUT2D eigenvalue weighted by Crippen LogP contribution is 2.23. The fraction of sp³-hybridized carbons (Fsp3) is 0.278. The maximum Gasteiger partial charge on any atom is 0.222 e. The zero-order chi connectivity index (χ0) is 17.6. The van der Waals surface area contributed by atoms with E-state index in [-0.39, 0.29) is 24.3 Å². The number of benzene rings is 1. The Bertz CT molecular complexity index is 825. The summed E-state index contributed by atoms with van der Waals surface area (Å²) in [6.45, 7) is 2.00. The average molecular weight is 374 g/mol.